The molecule has 1 aliphatic heterocycles. The van der Waals surface area contributed by atoms with Crippen molar-refractivity contribution in [2.24, 2.45) is 0 Å². The van der Waals surface area contributed by atoms with Crippen LogP contribution < -0.4 is 0 Å². The van der Waals surface area contributed by atoms with E-state index in [2.05, 4.69) is 0 Å². The molecule has 1 N–H and O–H groups in total. The lowest BCUT2D eigenvalue weighted by Gasteiger charge is -2.26. The van der Waals surface area contributed by atoms with E-state index in [0.29, 0.717) is 6.54 Å². The molecule has 1 aromatic rings. The second-order valence-corrected chi connectivity index (χ2v) is 5.68. The summed E-state index contributed by atoms with van der Waals surface area (Å²) in [5.41, 5.74) is 2.33. The number of amides is 1. The molecule has 1 amide bonds. The molecule has 0 saturated carbocycles. The molecular formula is C14H19NO3. The number of aliphatic hydroxyl groups is 1. The Bertz CT molecular complexity index is 476. The van der Waals surface area contributed by atoms with E-state index in [-0.39, 0.29) is 0 Å². The number of aryl methyl sites for hydroxylation is 1. The minimum absolute atomic E-state index is 0.396. The van der Waals surface area contributed by atoms with Crippen LogP contribution >= 0.6 is 0 Å². The number of nitrogens with zero attached hydrogens (tertiary/aromatic N) is 1. The van der Waals surface area contributed by atoms with Crippen LogP contribution in [0.2, 0.25) is 0 Å². The molecule has 18 heavy (non-hydrogen) atoms. The largest absolute Gasteiger partial charge is 0.444 e. The highest BCUT2D eigenvalue weighted by Gasteiger charge is 2.34. The summed E-state index contributed by atoms with van der Waals surface area (Å²) >= 11 is 0. The molecule has 1 atom stereocenters. The summed E-state index contributed by atoms with van der Waals surface area (Å²) in [6.45, 7) is 7.82. The third kappa shape index (κ3) is 2.48. The third-order valence-corrected chi connectivity index (χ3v) is 2.84. The third-order valence-electron chi connectivity index (χ3n) is 2.84. The molecule has 1 unspecified atom stereocenters. The second kappa shape index (κ2) is 4.28. The molecule has 1 heterocycles. The lowest BCUT2D eigenvalue weighted by atomic mass is 10.1. The van der Waals surface area contributed by atoms with Crippen LogP contribution in [0.1, 0.15) is 43.7 Å². The smallest absolute Gasteiger partial charge is 0.412 e. The lowest BCUT2D eigenvalue weighted by Crippen LogP contribution is -2.35. The molecule has 1 aliphatic rings. The van der Waals surface area contributed by atoms with Gasteiger partial charge in [-0.3, -0.25) is 4.90 Å². The van der Waals surface area contributed by atoms with Gasteiger partial charge in [-0.1, -0.05) is 23.8 Å². The number of rotatable bonds is 0. The number of carbonyl (C=O) groups is 1. The van der Waals surface area contributed by atoms with Gasteiger partial charge in [-0.15, -0.1) is 0 Å². The number of ether oxygens (including phenoxy) is 1. The van der Waals surface area contributed by atoms with Crippen LogP contribution in [0.4, 0.5) is 4.79 Å². The first kappa shape index (κ1) is 12.9. The number of fused-ring (bicyclic) bond motifs is 1. The minimum Gasteiger partial charge on any atom is -0.444 e. The molecule has 0 aromatic heterocycles. The molecule has 98 valence electrons. The first-order valence-electron chi connectivity index (χ1n) is 6.05. The van der Waals surface area contributed by atoms with Gasteiger partial charge in [-0.25, -0.2) is 4.79 Å². The van der Waals surface area contributed by atoms with Gasteiger partial charge >= 0.3 is 6.09 Å². The van der Waals surface area contributed by atoms with E-state index in [4.69, 9.17) is 4.74 Å². The number of aliphatic hydroxyl groups excluding tert-OH is 1. The van der Waals surface area contributed by atoms with Crippen molar-refractivity contribution >= 4 is 6.09 Å². The Morgan fingerprint density at radius 1 is 1.44 bits per heavy atom. The summed E-state index contributed by atoms with van der Waals surface area (Å²) < 4.78 is 5.28. The molecule has 0 bridgehead atoms. The summed E-state index contributed by atoms with van der Waals surface area (Å²) in [5.74, 6) is 0. The molecular weight excluding hydrogens is 230 g/mol. The highest BCUT2D eigenvalue weighted by molar-refractivity contribution is 5.70. The molecule has 0 radical (unpaired) electrons. The monoisotopic (exact) mass is 249 g/mol. The Balaban J connectivity index is 2.18. The van der Waals surface area contributed by atoms with Crippen LogP contribution in [-0.2, 0) is 11.3 Å². The summed E-state index contributed by atoms with van der Waals surface area (Å²) in [6, 6.07) is 5.78. The van der Waals surface area contributed by atoms with E-state index in [9.17, 15) is 9.90 Å². The average Bonchev–Trinajstić information content (AvgIpc) is 2.53. The van der Waals surface area contributed by atoms with Crippen LogP contribution in [0.25, 0.3) is 0 Å². The van der Waals surface area contributed by atoms with E-state index in [1.807, 2.05) is 45.9 Å². The van der Waals surface area contributed by atoms with E-state index < -0.39 is 17.9 Å². The Hall–Kier alpha value is -1.55. The summed E-state index contributed by atoms with van der Waals surface area (Å²) in [6.07, 6.45) is -1.39. The standard InChI is InChI=1S/C14H19NO3/c1-9-5-6-11-10(7-9)8-15(12(11)16)13(17)18-14(2,3)4/h5-7,12,16H,8H2,1-4H3. The normalized spacial score (nSPS) is 18.7. The lowest BCUT2D eigenvalue weighted by molar-refractivity contribution is -0.0257. The van der Waals surface area contributed by atoms with Crippen molar-refractivity contribution in [2.75, 3.05) is 0 Å². The maximum Gasteiger partial charge on any atom is 0.412 e. The van der Waals surface area contributed by atoms with Crippen molar-refractivity contribution in [2.45, 2.75) is 46.1 Å². The predicted molar refractivity (Wildman–Crippen MR) is 67.9 cm³/mol. The fraction of sp³-hybridized carbons (Fsp3) is 0.500. The maximum absolute atomic E-state index is 12.0. The van der Waals surface area contributed by atoms with Crippen molar-refractivity contribution in [3.05, 3.63) is 34.9 Å². The number of carbonyl (C=O) groups excluding carboxylic acids is 1. The molecule has 0 aliphatic carbocycles. The van der Waals surface area contributed by atoms with Gasteiger partial charge in [0, 0.05) is 5.56 Å². The zero-order valence-electron chi connectivity index (χ0n) is 11.2. The van der Waals surface area contributed by atoms with Crippen molar-refractivity contribution in [3.8, 4) is 0 Å². The topological polar surface area (TPSA) is 49.8 Å². The van der Waals surface area contributed by atoms with Gasteiger partial charge in [0.2, 0.25) is 0 Å². The number of benzene rings is 1. The van der Waals surface area contributed by atoms with E-state index in [1.165, 1.54) is 4.90 Å². The maximum atomic E-state index is 12.0. The molecule has 4 heteroatoms. The zero-order valence-corrected chi connectivity index (χ0v) is 11.2. The quantitative estimate of drug-likeness (QED) is 0.769. The SMILES string of the molecule is Cc1ccc2c(c1)CN(C(=O)OC(C)(C)C)C2O. The Kier molecular flexibility index (Phi) is 3.07. The van der Waals surface area contributed by atoms with Crippen LogP contribution in [-0.4, -0.2) is 21.7 Å². The van der Waals surface area contributed by atoms with E-state index >= 15 is 0 Å². The zero-order chi connectivity index (χ0) is 13.5. The first-order valence-corrected chi connectivity index (χ1v) is 6.05. The average molecular weight is 249 g/mol. The predicted octanol–water partition coefficient (Wildman–Crippen LogP) is 2.74. The molecule has 2 rings (SSSR count). The van der Waals surface area contributed by atoms with Crippen LogP contribution in [0, 0.1) is 6.92 Å². The van der Waals surface area contributed by atoms with Gasteiger partial charge in [0.25, 0.3) is 0 Å². The highest BCUT2D eigenvalue weighted by Crippen LogP contribution is 2.33. The van der Waals surface area contributed by atoms with Crippen LogP contribution in [0.5, 0.6) is 0 Å². The van der Waals surface area contributed by atoms with Gasteiger partial charge in [0.15, 0.2) is 6.23 Å². The molecule has 0 fully saturated rings. The van der Waals surface area contributed by atoms with E-state index in [1.54, 1.807) is 0 Å². The van der Waals surface area contributed by atoms with Crippen molar-refractivity contribution in [1.82, 2.24) is 4.90 Å². The van der Waals surface area contributed by atoms with Crippen molar-refractivity contribution in [3.63, 3.8) is 0 Å². The summed E-state index contributed by atoms with van der Waals surface area (Å²) in [5, 5.41) is 10.1. The fourth-order valence-corrected chi connectivity index (χ4v) is 2.05. The number of hydrogen-bond donors (Lipinski definition) is 1. The van der Waals surface area contributed by atoms with Gasteiger partial charge in [-0.2, -0.15) is 0 Å². The van der Waals surface area contributed by atoms with Gasteiger partial charge in [0.1, 0.15) is 5.60 Å². The highest BCUT2D eigenvalue weighted by atomic mass is 16.6. The molecule has 0 spiro atoms. The minimum atomic E-state index is -0.907. The fourth-order valence-electron chi connectivity index (χ4n) is 2.05. The Morgan fingerprint density at radius 3 is 2.72 bits per heavy atom. The molecule has 0 saturated heterocycles. The summed E-state index contributed by atoms with van der Waals surface area (Å²) in [7, 11) is 0. The Labute approximate surface area is 107 Å². The molecule has 1 aromatic carbocycles. The first-order chi connectivity index (χ1) is 8.28. The Morgan fingerprint density at radius 2 is 2.11 bits per heavy atom. The molecule has 4 nitrogen and oxygen atoms in total. The van der Waals surface area contributed by atoms with Crippen LogP contribution in [0.15, 0.2) is 18.2 Å². The van der Waals surface area contributed by atoms with Gasteiger partial charge in [-0.05, 0) is 33.3 Å². The van der Waals surface area contributed by atoms with Gasteiger partial charge < -0.3 is 9.84 Å². The second-order valence-electron chi connectivity index (χ2n) is 5.68. The van der Waals surface area contributed by atoms with Crippen molar-refractivity contribution in [1.29, 1.82) is 0 Å². The van der Waals surface area contributed by atoms with Gasteiger partial charge in [0.05, 0.1) is 6.54 Å². The number of hydrogen-bond acceptors (Lipinski definition) is 3. The van der Waals surface area contributed by atoms with Crippen molar-refractivity contribution < 1.29 is 14.6 Å². The van der Waals surface area contributed by atoms with E-state index in [0.717, 1.165) is 16.7 Å². The van der Waals surface area contributed by atoms with Crippen LogP contribution in [0.3, 0.4) is 0 Å². The summed E-state index contributed by atoms with van der Waals surface area (Å²) in [4.78, 5) is 13.3.